The van der Waals surface area contributed by atoms with Crippen LogP contribution in [0.4, 0.5) is 0 Å². The summed E-state index contributed by atoms with van der Waals surface area (Å²) < 4.78 is 16.4. The lowest BCUT2D eigenvalue weighted by molar-refractivity contribution is 0.0903. The van der Waals surface area contributed by atoms with Gasteiger partial charge in [-0.1, -0.05) is 37.3 Å². The first-order chi connectivity index (χ1) is 13.2. The van der Waals surface area contributed by atoms with Crippen LogP contribution >= 0.6 is 0 Å². The molecule has 3 rings (SSSR count). The first-order valence-electron chi connectivity index (χ1n) is 8.91. The van der Waals surface area contributed by atoms with Crippen LogP contribution in [-0.4, -0.2) is 13.0 Å². The Hall–Kier alpha value is -3.21. The molecule has 0 aliphatic heterocycles. The molecule has 3 aromatic rings. The SMILES string of the molecule is CCC(NC(=O)c1ccc(COc2ccc(OC)cc2)o1)c1ccccc1. The monoisotopic (exact) mass is 365 g/mol. The maximum Gasteiger partial charge on any atom is 0.287 e. The molecule has 0 saturated carbocycles. The van der Waals surface area contributed by atoms with Gasteiger partial charge in [-0.2, -0.15) is 0 Å². The Labute approximate surface area is 158 Å². The number of hydrogen-bond acceptors (Lipinski definition) is 4. The second kappa shape index (κ2) is 8.94. The van der Waals surface area contributed by atoms with E-state index < -0.39 is 0 Å². The fourth-order valence-corrected chi connectivity index (χ4v) is 2.74. The molecule has 1 N–H and O–H groups in total. The number of methoxy groups -OCH3 is 1. The predicted molar refractivity (Wildman–Crippen MR) is 103 cm³/mol. The summed E-state index contributed by atoms with van der Waals surface area (Å²) in [7, 11) is 1.62. The van der Waals surface area contributed by atoms with Crippen LogP contribution in [0.1, 0.15) is 41.3 Å². The van der Waals surface area contributed by atoms with E-state index in [1.807, 2.05) is 61.5 Å². The molecule has 0 radical (unpaired) electrons. The quantitative estimate of drug-likeness (QED) is 0.626. The third kappa shape index (κ3) is 4.91. The molecule has 0 fully saturated rings. The van der Waals surface area contributed by atoms with E-state index >= 15 is 0 Å². The van der Waals surface area contributed by atoms with Crippen LogP contribution in [0, 0.1) is 0 Å². The van der Waals surface area contributed by atoms with Crippen LogP contribution in [0.2, 0.25) is 0 Å². The number of hydrogen-bond donors (Lipinski definition) is 1. The smallest absolute Gasteiger partial charge is 0.287 e. The van der Waals surface area contributed by atoms with Gasteiger partial charge in [0.05, 0.1) is 13.2 Å². The van der Waals surface area contributed by atoms with Crippen molar-refractivity contribution < 1.29 is 18.7 Å². The maximum absolute atomic E-state index is 12.5. The number of nitrogens with one attached hydrogen (secondary N) is 1. The zero-order valence-electron chi connectivity index (χ0n) is 15.5. The summed E-state index contributed by atoms with van der Waals surface area (Å²) in [5.41, 5.74) is 1.07. The van der Waals surface area contributed by atoms with Crippen LogP contribution < -0.4 is 14.8 Å². The third-order valence-corrected chi connectivity index (χ3v) is 4.24. The molecule has 0 bridgehead atoms. The van der Waals surface area contributed by atoms with Gasteiger partial charge in [0.1, 0.15) is 23.9 Å². The Morgan fingerprint density at radius 2 is 1.70 bits per heavy atom. The van der Waals surface area contributed by atoms with E-state index in [2.05, 4.69) is 5.32 Å². The molecule has 2 aromatic carbocycles. The van der Waals surface area contributed by atoms with Crippen molar-refractivity contribution in [2.45, 2.75) is 26.0 Å². The van der Waals surface area contributed by atoms with Gasteiger partial charge in [0.25, 0.3) is 5.91 Å². The molecule has 0 saturated heterocycles. The highest BCUT2D eigenvalue weighted by molar-refractivity contribution is 5.91. The van der Waals surface area contributed by atoms with Gasteiger partial charge in [0.15, 0.2) is 5.76 Å². The summed E-state index contributed by atoms with van der Waals surface area (Å²) in [4.78, 5) is 12.5. The summed E-state index contributed by atoms with van der Waals surface area (Å²) in [5, 5.41) is 3.01. The van der Waals surface area contributed by atoms with Gasteiger partial charge in [-0.15, -0.1) is 0 Å². The highest BCUT2D eigenvalue weighted by Gasteiger charge is 2.17. The molecule has 0 spiro atoms. The third-order valence-electron chi connectivity index (χ3n) is 4.24. The van der Waals surface area contributed by atoms with Gasteiger partial charge in [-0.05, 0) is 48.4 Å². The van der Waals surface area contributed by atoms with E-state index in [0.29, 0.717) is 11.5 Å². The second-order valence-electron chi connectivity index (χ2n) is 6.08. The van der Waals surface area contributed by atoms with Crippen molar-refractivity contribution in [2.24, 2.45) is 0 Å². The lowest BCUT2D eigenvalue weighted by Crippen LogP contribution is -2.27. The molecule has 0 aliphatic carbocycles. The predicted octanol–water partition coefficient (Wildman–Crippen LogP) is 4.75. The zero-order valence-corrected chi connectivity index (χ0v) is 15.5. The van der Waals surface area contributed by atoms with Crippen LogP contribution in [0.5, 0.6) is 11.5 Å². The number of benzene rings is 2. The van der Waals surface area contributed by atoms with E-state index in [0.717, 1.165) is 17.7 Å². The fourth-order valence-electron chi connectivity index (χ4n) is 2.74. The molecule has 0 aliphatic rings. The number of carbonyl (C=O) groups excluding carboxylic acids is 1. The van der Waals surface area contributed by atoms with Gasteiger partial charge in [-0.3, -0.25) is 4.79 Å². The molecule has 1 atom stereocenters. The average Bonchev–Trinajstić information content (AvgIpc) is 3.20. The minimum Gasteiger partial charge on any atom is -0.497 e. The van der Waals surface area contributed by atoms with Crippen molar-refractivity contribution in [3.8, 4) is 11.5 Å². The Balaban J connectivity index is 1.58. The van der Waals surface area contributed by atoms with Gasteiger partial charge >= 0.3 is 0 Å². The number of furan rings is 1. The van der Waals surface area contributed by atoms with E-state index in [9.17, 15) is 4.79 Å². The lowest BCUT2D eigenvalue weighted by Gasteiger charge is -2.16. The van der Waals surface area contributed by atoms with Gasteiger partial charge < -0.3 is 19.2 Å². The van der Waals surface area contributed by atoms with Gasteiger partial charge in [0.2, 0.25) is 0 Å². The molecule has 1 heterocycles. The van der Waals surface area contributed by atoms with Crippen molar-refractivity contribution in [3.63, 3.8) is 0 Å². The number of carbonyl (C=O) groups is 1. The molecule has 1 amide bonds. The minimum atomic E-state index is -0.235. The summed E-state index contributed by atoms with van der Waals surface area (Å²) in [6, 6.07) is 20.6. The van der Waals surface area contributed by atoms with Crippen molar-refractivity contribution in [3.05, 3.63) is 83.8 Å². The van der Waals surface area contributed by atoms with Crippen LogP contribution in [0.3, 0.4) is 0 Å². The summed E-state index contributed by atoms with van der Waals surface area (Å²) in [6.07, 6.45) is 0.796. The van der Waals surface area contributed by atoms with E-state index in [1.54, 1.807) is 19.2 Å². The Morgan fingerprint density at radius 3 is 2.37 bits per heavy atom. The first-order valence-corrected chi connectivity index (χ1v) is 8.91. The summed E-state index contributed by atoms with van der Waals surface area (Å²) in [5.74, 6) is 2.10. The van der Waals surface area contributed by atoms with Crippen molar-refractivity contribution >= 4 is 5.91 Å². The van der Waals surface area contributed by atoms with Crippen LogP contribution in [0.25, 0.3) is 0 Å². The Morgan fingerprint density at radius 1 is 1.00 bits per heavy atom. The first kappa shape index (κ1) is 18.6. The molecular weight excluding hydrogens is 342 g/mol. The molecule has 1 unspecified atom stereocenters. The molecule has 140 valence electrons. The van der Waals surface area contributed by atoms with Gasteiger partial charge in [-0.25, -0.2) is 0 Å². The molecule has 5 heteroatoms. The van der Waals surface area contributed by atoms with E-state index in [-0.39, 0.29) is 24.3 Å². The Kier molecular flexibility index (Phi) is 6.15. The topological polar surface area (TPSA) is 60.7 Å². The number of rotatable bonds is 8. The van der Waals surface area contributed by atoms with E-state index in [1.165, 1.54) is 0 Å². The lowest BCUT2D eigenvalue weighted by atomic mass is 10.0. The largest absolute Gasteiger partial charge is 0.497 e. The standard InChI is InChI=1S/C22H23NO4/c1-3-20(16-7-5-4-6-8-16)23-22(24)21-14-13-19(27-21)15-26-18-11-9-17(25-2)10-12-18/h4-14,20H,3,15H2,1-2H3,(H,23,24). The molecule has 5 nitrogen and oxygen atoms in total. The molecule has 27 heavy (non-hydrogen) atoms. The zero-order chi connectivity index (χ0) is 19.1. The Bertz CT molecular complexity index is 856. The average molecular weight is 365 g/mol. The van der Waals surface area contributed by atoms with Crippen molar-refractivity contribution in [1.29, 1.82) is 0 Å². The fraction of sp³-hybridized carbons (Fsp3) is 0.227. The van der Waals surface area contributed by atoms with Crippen molar-refractivity contribution in [2.75, 3.05) is 7.11 Å². The number of ether oxygens (including phenoxy) is 2. The number of amides is 1. The summed E-state index contributed by atoms with van der Waals surface area (Å²) in [6.45, 7) is 2.28. The highest BCUT2D eigenvalue weighted by Crippen LogP contribution is 2.20. The van der Waals surface area contributed by atoms with Crippen molar-refractivity contribution in [1.82, 2.24) is 5.32 Å². The van der Waals surface area contributed by atoms with E-state index in [4.69, 9.17) is 13.9 Å². The van der Waals surface area contributed by atoms with Crippen LogP contribution in [-0.2, 0) is 6.61 Å². The second-order valence-corrected chi connectivity index (χ2v) is 6.08. The highest BCUT2D eigenvalue weighted by atomic mass is 16.5. The normalized spacial score (nSPS) is 11.6. The maximum atomic E-state index is 12.5. The minimum absolute atomic E-state index is 0.0530. The molecular formula is C22H23NO4. The van der Waals surface area contributed by atoms with Gasteiger partial charge in [0, 0.05) is 0 Å². The summed E-state index contributed by atoms with van der Waals surface area (Å²) >= 11 is 0. The van der Waals surface area contributed by atoms with Crippen LogP contribution in [0.15, 0.2) is 71.1 Å². The molecule has 1 aromatic heterocycles.